The Balaban J connectivity index is 1.72. The summed E-state index contributed by atoms with van der Waals surface area (Å²) in [5, 5.41) is 0.772. The van der Waals surface area contributed by atoms with Gasteiger partial charge in [-0.1, -0.05) is 15.9 Å². The van der Waals surface area contributed by atoms with Crippen LogP contribution in [0.2, 0.25) is 0 Å². The van der Waals surface area contributed by atoms with Crippen LogP contribution in [0.5, 0.6) is 0 Å². The van der Waals surface area contributed by atoms with Crippen molar-refractivity contribution in [3.05, 3.63) is 64.0 Å². The van der Waals surface area contributed by atoms with Gasteiger partial charge in [0.25, 0.3) is 0 Å². The number of hydrogen-bond donors (Lipinski definition) is 2. The molecule has 0 atom stereocenters. The van der Waals surface area contributed by atoms with Crippen molar-refractivity contribution in [3.63, 3.8) is 0 Å². The van der Waals surface area contributed by atoms with E-state index in [1.165, 1.54) is 12.1 Å². The van der Waals surface area contributed by atoms with Gasteiger partial charge in [-0.15, -0.1) is 0 Å². The van der Waals surface area contributed by atoms with E-state index in [2.05, 4.69) is 25.6 Å². The standard InChI is InChI=1S/C17H16BrFN2O2S/c1-11-8-14(3-4-16(11)18)24(22,23)21-7-6-12-10-20-17-5-2-13(19)9-15(12)17/h2-5,8-10,20-21H,6-7H2,1H3. The molecule has 0 aliphatic rings. The average molecular weight is 411 g/mol. The number of benzene rings is 2. The summed E-state index contributed by atoms with van der Waals surface area (Å²) in [4.78, 5) is 3.29. The van der Waals surface area contributed by atoms with Gasteiger partial charge in [0.2, 0.25) is 10.0 Å². The molecule has 1 heterocycles. The van der Waals surface area contributed by atoms with Gasteiger partial charge in [0.15, 0.2) is 0 Å². The van der Waals surface area contributed by atoms with Gasteiger partial charge in [-0.25, -0.2) is 17.5 Å². The number of rotatable bonds is 5. The quantitative estimate of drug-likeness (QED) is 0.669. The molecule has 0 bridgehead atoms. The van der Waals surface area contributed by atoms with Crippen molar-refractivity contribution in [2.45, 2.75) is 18.2 Å². The second-order valence-electron chi connectivity index (χ2n) is 5.56. The number of sulfonamides is 1. The van der Waals surface area contributed by atoms with Gasteiger partial charge in [0, 0.05) is 28.1 Å². The number of aromatic nitrogens is 1. The summed E-state index contributed by atoms with van der Waals surface area (Å²) >= 11 is 3.35. The smallest absolute Gasteiger partial charge is 0.240 e. The van der Waals surface area contributed by atoms with Crippen LogP contribution in [0.4, 0.5) is 4.39 Å². The molecule has 4 nitrogen and oxygen atoms in total. The summed E-state index contributed by atoms with van der Waals surface area (Å²) in [6.07, 6.45) is 2.25. The van der Waals surface area contributed by atoms with Crippen LogP contribution < -0.4 is 4.72 Å². The Hall–Kier alpha value is -1.70. The number of halogens is 2. The van der Waals surface area contributed by atoms with Crippen LogP contribution in [0.15, 0.2) is 52.0 Å². The van der Waals surface area contributed by atoms with Crippen molar-refractivity contribution >= 4 is 36.9 Å². The molecule has 126 valence electrons. The number of aryl methyl sites for hydroxylation is 1. The van der Waals surface area contributed by atoms with E-state index in [9.17, 15) is 12.8 Å². The van der Waals surface area contributed by atoms with Gasteiger partial charge in [-0.2, -0.15) is 0 Å². The van der Waals surface area contributed by atoms with E-state index >= 15 is 0 Å². The SMILES string of the molecule is Cc1cc(S(=O)(=O)NCCc2c[nH]c3ccc(F)cc23)ccc1Br. The largest absolute Gasteiger partial charge is 0.361 e. The summed E-state index contributed by atoms with van der Waals surface area (Å²) < 4.78 is 41.5. The molecule has 0 aliphatic carbocycles. The van der Waals surface area contributed by atoms with E-state index < -0.39 is 10.0 Å². The van der Waals surface area contributed by atoms with E-state index in [0.29, 0.717) is 6.42 Å². The summed E-state index contributed by atoms with van der Waals surface area (Å²) in [6, 6.07) is 9.40. The van der Waals surface area contributed by atoms with Gasteiger partial charge in [0.05, 0.1) is 4.90 Å². The molecule has 3 rings (SSSR count). The van der Waals surface area contributed by atoms with Crippen LogP contribution >= 0.6 is 15.9 Å². The first-order chi connectivity index (χ1) is 11.4. The van der Waals surface area contributed by atoms with Crippen LogP contribution in [0.3, 0.4) is 0 Å². The summed E-state index contributed by atoms with van der Waals surface area (Å²) in [5.41, 5.74) is 2.56. The molecule has 7 heteroatoms. The summed E-state index contributed by atoms with van der Waals surface area (Å²) in [7, 11) is -3.57. The maximum absolute atomic E-state index is 13.4. The first kappa shape index (κ1) is 17.1. The fourth-order valence-electron chi connectivity index (χ4n) is 2.55. The maximum atomic E-state index is 13.4. The van der Waals surface area contributed by atoms with E-state index in [-0.39, 0.29) is 17.3 Å². The van der Waals surface area contributed by atoms with Crippen LogP contribution in [0.25, 0.3) is 10.9 Å². The van der Waals surface area contributed by atoms with Gasteiger partial charge < -0.3 is 4.98 Å². The van der Waals surface area contributed by atoms with E-state index in [1.54, 1.807) is 30.5 Å². The van der Waals surface area contributed by atoms with E-state index in [1.807, 2.05) is 6.92 Å². The second kappa shape index (κ2) is 6.66. The molecule has 0 saturated carbocycles. The summed E-state index contributed by atoms with van der Waals surface area (Å²) in [6.45, 7) is 2.07. The number of H-pyrrole nitrogens is 1. The van der Waals surface area contributed by atoms with Crippen molar-refractivity contribution in [2.24, 2.45) is 0 Å². The zero-order chi connectivity index (χ0) is 17.3. The second-order valence-corrected chi connectivity index (χ2v) is 8.18. The van der Waals surface area contributed by atoms with E-state index in [0.717, 1.165) is 26.5 Å². The van der Waals surface area contributed by atoms with Gasteiger partial charge in [0.1, 0.15) is 5.82 Å². The highest BCUT2D eigenvalue weighted by molar-refractivity contribution is 9.10. The Kier molecular flexibility index (Phi) is 4.76. The van der Waals surface area contributed by atoms with Crippen molar-refractivity contribution in [3.8, 4) is 0 Å². The third kappa shape index (κ3) is 3.53. The minimum Gasteiger partial charge on any atom is -0.361 e. The Morgan fingerprint density at radius 1 is 1.21 bits per heavy atom. The topological polar surface area (TPSA) is 62.0 Å². The fourth-order valence-corrected chi connectivity index (χ4v) is 3.91. The number of fused-ring (bicyclic) bond motifs is 1. The molecule has 1 aromatic heterocycles. The number of nitrogens with one attached hydrogen (secondary N) is 2. The fraction of sp³-hybridized carbons (Fsp3) is 0.176. The highest BCUT2D eigenvalue weighted by Crippen LogP contribution is 2.21. The minimum atomic E-state index is -3.57. The third-order valence-corrected chi connectivity index (χ3v) is 6.20. The van der Waals surface area contributed by atoms with Gasteiger partial charge in [-0.3, -0.25) is 0 Å². The maximum Gasteiger partial charge on any atom is 0.240 e. The van der Waals surface area contributed by atoms with Crippen LogP contribution in [-0.2, 0) is 16.4 Å². The average Bonchev–Trinajstić information content (AvgIpc) is 2.92. The lowest BCUT2D eigenvalue weighted by Crippen LogP contribution is -2.26. The first-order valence-corrected chi connectivity index (χ1v) is 9.66. The van der Waals surface area contributed by atoms with Crippen LogP contribution in [0.1, 0.15) is 11.1 Å². The molecule has 0 radical (unpaired) electrons. The van der Waals surface area contributed by atoms with Gasteiger partial charge in [-0.05, 0) is 60.9 Å². The predicted octanol–water partition coefficient (Wildman–Crippen LogP) is 3.90. The summed E-state index contributed by atoms with van der Waals surface area (Å²) in [5.74, 6) is -0.311. The lowest BCUT2D eigenvalue weighted by Gasteiger charge is -2.08. The van der Waals surface area contributed by atoms with Gasteiger partial charge >= 0.3 is 0 Å². The molecule has 0 aliphatic heterocycles. The molecule has 0 unspecified atom stereocenters. The lowest BCUT2D eigenvalue weighted by molar-refractivity contribution is 0.581. The van der Waals surface area contributed by atoms with E-state index in [4.69, 9.17) is 0 Å². The van der Waals surface area contributed by atoms with Crippen molar-refractivity contribution in [1.29, 1.82) is 0 Å². The highest BCUT2D eigenvalue weighted by atomic mass is 79.9. The monoisotopic (exact) mass is 410 g/mol. The van der Waals surface area contributed by atoms with Crippen molar-refractivity contribution in [1.82, 2.24) is 9.71 Å². The lowest BCUT2D eigenvalue weighted by atomic mass is 10.1. The molecule has 2 N–H and O–H groups in total. The molecule has 0 spiro atoms. The number of hydrogen-bond acceptors (Lipinski definition) is 2. The first-order valence-electron chi connectivity index (χ1n) is 7.38. The minimum absolute atomic E-state index is 0.230. The Labute approximate surface area is 148 Å². The molecular weight excluding hydrogens is 395 g/mol. The molecule has 2 aromatic carbocycles. The highest BCUT2D eigenvalue weighted by Gasteiger charge is 2.15. The van der Waals surface area contributed by atoms with Crippen molar-refractivity contribution < 1.29 is 12.8 Å². The molecule has 0 fully saturated rings. The third-order valence-electron chi connectivity index (χ3n) is 3.86. The predicted molar refractivity (Wildman–Crippen MR) is 96.0 cm³/mol. The zero-order valence-electron chi connectivity index (χ0n) is 12.9. The molecular formula is C17H16BrFN2O2S. The Morgan fingerprint density at radius 2 is 2.00 bits per heavy atom. The Morgan fingerprint density at radius 3 is 2.75 bits per heavy atom. The molecule has 0 saturated heterocycles. The number of aromatic amines is 1. The zero-order valence-corrected chi connectivity index (χ0v) is 15.3. The normalized spacial score (nSPS) is 12.0. The molecule has 24 heavy (non-hydrogen) atoms. The van der Waals surface area contributed by atoms with Crippen LogP contribution in [-0.4, -0.2) is 19.9 Å². The molecule has 0 amide bonds. The molecule has 3 aromatic rings. The Bertz CT molecular complexity index is 999. The van der Waals surface area contributed by atoms with Crippen molar-refractivity contribution in [2.75, 3.05) is 6.54 Å². The van der Waals surface area contributed by atoms with Crippen LogP contribution in [0, 0.1) is 12.7 Å².